The largest absolute Gasteiger partial charge is 0.497 e. The van der Waals surface area contributed by atoms with E-state index in [1.54, 1.807) is 7.11 Å². The molecule has 0 saturated carbocycles. The highest BCUT2D eigenvalue weighted by molar-refractivity contribution is 6.47. The van der Waals surface area contributed by atoms with Crippen molar-refractivity contribution >= 4 is 22.5 Å². The molecule has 30 heavy (non-hydrogen) atoms. The van der Waals surface area contributed by atoms with Gasteiger partial charge in [-0.25, -0.2) is 0 Å². The predicted octanol–water partition coefficient (Wildman–Crippen LogP) is 4.58. The van der Waals surface area contributed by atoms with Crippen molar-refractivity contribution in [2.45, 2.75) is 12.1 Å². The van der Waals surface area contributed by atoms with Crippen LogP contribution < -0.4 is 10.1 Å². The minimum absolute atomic E-state index is 0.181. The summed E-state index contributed by atoms with van der Waals surface area (Å²) in [5.74, 6) is 0.557. The first kappa shape index (κ1) is 18.2. The molecule has 2 N–H and O–H groups in total. The number of aromatic amines is 1. The summed E-state index contributed by atoms with van der Waals surface area (Å²) in [5.41, 5.74) is 4.22. The molecule has 0 bridgehead atoms. The molecule has 0 unspecified atom stereocenters. The van der Waals surface area contributed by atoms with Gasteiger partial charge in [0.25, 0.3) is 5.91 Å². The number of benzene rings is 3. The van der Waals surface area contributed by atoms with Crippen molar-refractivity contribution in [2.24, 2.45) is 4.99 Å². The maximum Gasteiger partial charge on any atom is 0.270 e. The standard InChI is InChI=1S/C25H21N3O2/c1-30-18-12-13-21-19(14-18)20(15-26-21)24-25(29)28-23(17-10-6-3-7-11-17)22(27-24)16-8-4-2-5-9-16/h2-15,22-23,26H,1H3,(H,28,29)/t22-,23-/m1/s1. The number of amides is 1. The summed E-state index contributed by atoms with van der Waals surface area (Å²) in [4.78, 5) is 21.4. The van der Waals surface area contributed by atoms with Crippen LogP contribution >= 0.6 is 0 Å². The Morgan fingerprint density at radius 1 is 0.900 bits per heavy atom. The lowest BCUT2D eigenvalue weighted by atomic mass is 9.91. The first-order chi connectivity index (χ1) is 14.7. The zero-order chi connectivity index (χ0) is 20.5. The Bertz CT molecular complexity index is 1230. The summed E-state index contributed by atoms with van der Waals surface area (Å²) in [6, 6.07) is 25.4. The SMILES string of the molecule is COc1ccc2[nH]cc(C3=N[C@H](c4ccccc4)[C@@H](c4ccccc4)NC3=O)c2c1. The molecule has 3 aromatic carbocycles. The van der Waals surface area contributed by atoms with Crippen LogP contribution in [0.25, 0.3) is 10.9 Å². The molecule has 1 aliphatic rings. The van der Waals surface area contributed by atoms with Crippen molar-refractivity contribution < 1.29 is 9.53 Å². The molecule has 0 radical (unpaired) electrons. The van der Waals surface area contributed by atoms with Gasteiger partial charge in [-0.2, -0.15) is 0 Å². The second-order valence-corrected chi connectivity index (χ2v) is 7.31. The maximum atomic E-state index is 13.2. The fourth-order valence-corrected chi connectivity index (χ4v) is 4.02. The Morgan fingerprint density at radius 3 is 2.30 bits per heavy atom. The zero-order valence-electron chi connectivity index (χ0n) is 16.5. The second kappa shape index (κ2) is 7.52. The van der Waals surface area contributed by atoms with Gasteiger partial charge in [0.15, 0.2) is 0 Å². The number of rotatable bonds is 4. The van der Waals surface area contributed by atoms with Crippen molar-refractivity contribution in [1.29, 1.82) is 0 Å². The van der Waals surface area contributed by atoms with Gasteiger partial charge in [0.1, 0.15) is 17.5 Å². The molecule has 4 aromatic rings. The molecule has 1 aliphatic heterocycles. The molecule has 5 nitrogen and oxygen atoms in total. The molecule has 0 spiro atoms. The molecular weight excluding hydrogens is 374 g/mol. The Balaban J connectivity index is 1.66. The van der Waals surface area contributed by atoms with Gasteiger partial charge in [0.05, 0.1) is 13.2 Å². The summed E-state index contributed by atoms with van der Waals surface area (Å²) >= 11 is 0. The average Bonchev–Trinajstić information content (AvgIpc) is 3.23. The minimum atomic E-state index is -0.232. The number of carbonyl (C=O) groups excluding carboxylic acids is 1. The van der Waals surface area contributed by atoms with E-state index in [1.165, 1.54) is 0 Å². The molecule has 2 heterocycles. The third-order valence-electron chi connectivity index (χ3n) is 5.53. The van der Waals surface area contributed by atoms with E-state index in [9.17, 15) is 4.79 Å². The lowest BCUT2D eigenvalue weighted by Crippen LogP contribution is -2.42. The number of H-pyrrole nitrogens is 1. The Labute approximate surface area is 174 Å². The highest BCUT2D eigenvalue weighted by Crippen LogP contribution is 2.36. The van der Waals surface area contributed by atoms with E-state index >= 15 is 0 Å². The number of hydrogen-bond donors (Lipinski definition) is 2. The van der Waals surface area contributed by atoms with Gasteiger partial charge >= 0.3 is 0 Å². The zero-order valence-corrected chi connectivity index (χ0v) is 16.5. The average molecular weight is 395 g/mol. The molecule has 2 atom stereocenters. The monoisotopic (exact) mass is 395 g/mol. The Hall–Kier alpha value is -3.86. The summed E-state index contributed by atoms with van der Waals surface area (Å²) < 4.78 is 5.37. The van der Waals surface area contributed by atoms with E-state index in [4.69, 9.17) is 9.73 Å². The second-order valence-electron chi connectivity index (χ2n) is 7.31. The van der Waals surface area contributed by atoms with Crippen molar-refractivity contribution in [3.8, 4) is 5.75 Å². The molecule has 0 aliphatic carbocycles. The molecule has 1 aromatic heterocycles. The van der Waals surface area contributed by atoms with Gasteiger partial charge in [-0.15, -0.1) is 0 Å². The van der Waals surface area contributed by atoms with Crippen LogP contribution in [0.3, 0.4) is 0 Å². The smallest absolute Gasteiger partial charge is 0.270 e. The number of aliphatic imine (C=N–C) groups is 1. The Morgan fingerprint density at radius 2 is 1.60 bits per heavy atom. The predicted molar refractivity (Wildman–Crippen MR) is 118 cm³/mol. The fourth-order valence-electron chi connectivity index (χ4n) is 4.02. The van der Waals surface area contributed by atoms with Crippen LogP contribution in [0.4, 0.5) is 0 Å². The molecule has 1 amide bonds. The highest BCUT2D eigenvalue weighted by atomic mass is 16.5. The van der Waals surface area contributed by atoms with E-state index < -0.39 is 0 Å². The van der Waals surface area contributed by atoms with Crippen molar-refractivity contribution in [2.75, 3.05) is 7.11 Å². The van der Waals surface area contributed by atoms with Gasteiger partial charge in [-0.3, -0.25) is 9.79 Å². The van der Waals surface area contributed by atoms with Gasteiger partial charge in [-0.1, -0.05) is 60.7 Å². The van der Waals surface area contributed by atoms with Gasteiger partial charge in [0, 0.05) is 22.7 Å². The van der Waals surface area contributed by atoms with Crippen LogP contribution in [-0.2, 0) is 4.79 Å². The number of aromatic nitrogens is 1. The topological polar surface area (TPSA) is 66.5 Å². The molecular formula is C25H21N3O2. The fraction of sp³-hybridized carbons (Fsp3) is 0.120. The number of ether oxygens (including phenoxy) is 1. The van der Waals surface area contributed by atoms with E-state index in [0.29, 0.717) is 5.71 Å². The van der Waals surface area contributed by atoms with Crippen molar-refractivity contribution in [1.82, 2.24) is 10.3 Å². The summed E-state index contributed by atoms with van der Waals surface area (Å²) in [6.07, 6.45) is 1.84. The molecule has 148 valence electrons. The number of nitrogens with zero attached hydrogens (tertiary/aromatic N) is 1. The minimum Gasteiger partial charge on any atom is -0.497 e. The molecule has 5 rings (SSSR count). The number of hydrogen-bond acceptors (Lipinski definition) is 3. The van der Waals surface area contributed by atoms with E-state index in [1.807, 2.05) is 72.9 Å². The van der Waals surface area contributed by atoms with Crippen LogP contribution in [0.1, 0.15) is 28.8 Å². The van der Waals surface area contributed by atoms with Crippen LogP contribution in [-0.4, -0.2) is 23.7 Å². The van der Waals surface area contributed by atoms with E-state index in [-0.39, 0.29) is 18.0 Å². The number of carbonyl (C=O) groups is 1. The van der Waals surface area contributed by atoms with Crippen molar-refractivity contribution in [3.05, 3.63) is 102 Å². The number of fused-ring (bicyclic) bond motifs is 1. The maximum absolute atomic E-state index is 13.2. The normalized spacial score (nSPS) is 18.7. The molecule has 0 saturated heterocycles. The van der Waals surface area contributed by atoms with E-state index in [2.05, 4.69) is 22.4 Å². The summed E-state index contributed by atoms with van der Waals surface area (Å²) in [7, 11) is 1.63. The third-order valence-corrected chi connectivity index (χ3v) is 5.53. The quantitative estimate of drug-likeness (QED) is 0.531. The number of nitrogens with one attached hydrogen (secondary N) is 2. The third kappa shape index (κ3) is 3.14. The summed E-state index contributed by atoms with van der Waals surface area (Å²) in [6.45, 7) is 0. The van der Waals surface area contributed by atoms with Crippen LogP contribution in [0, 0.1) is 0 Å². The first-order valence-corrected chi connectivity index (χ1v) is 9.88. The number of methoxy groups -OCH3 is 1. The van der Waals surface area contributed by atoms with Crippen LogP contribution in [0.2, 0.25) is 0 Å². The first-order valence-electron chi connectivity index (χ1n) is 9.88. The van der Waals surface area contributed by atoms with E-state index in [0.717, 1.165) is 33.3 Å². The van der Waals surface area contributed by atoms with Gasteiger partial charge in [-0.05, 0) is 29.3 Å². The molecule has 0 fully saturated rings. The van der Waals surface area contributed by atoms with Gasteiger partial charge in [0.2, 0.25) is 0 Å². The highest BCUT2D eigenvalue weighted by Gasteiger charge is 2.34. The van der Waals surface area contributed by atoms with Gasteiger partial charge < -0.3 is 15.0 Å². The lowest BCUT2D eigenvalue weighted by molar-refractivity contribution is -0.116. The summed E-state index contributed by atoms with van der Waals surface area (Å²) in [5, 5.41) is 4.11. The Kier molecular flexibility index (Phi) is 4.56. The molecule has 5 heteroatoms. The van der Waals surface area contributed by atoms with Crippen molar-refractivity contribution in [3.63, 3.8) is 0 Å². The van der Waals surface area contributed by atoms with Crippen LogP contribution in [0.15, 0.2) is 90.1 Å². The lowest BCUT2D eigenvalue weighted by Gasteiger charge is -2.31. The van der Waals surface area contributed by atoms with Crippen LogP contribution in [0.5, 0.6) is 5.75 Å².